The molecule has 0 amide bonds. The highest BCUT2D eigenvalue weighted by molar-refractivity contribution is 6.08. The smallest absolute Gasteiger partial charge is 0.168 e. The van der Waals surface area contributed by atoms with E-state index in [9.17, 15) is 4.79 Å². The number of carbonyl (C=O) groups is 1. The largest absolute Gasteiger partial charge is 0.360 e. The number of aromatic nitrogens is 1. The third-order valence-corrected chi connectivity index (χ3v) is 3.56. The Kier molecular flexibility index (Phi) is 2.69. The zero-order chi connectivity index (χ0) is 11.7. The number of piperidine rings is 1. The Balaban J connectivity index is 1.95. The lowest BCUT2D eigenvalue weighted by Gasteiger charge is -2.21. The molecule has 0 radical (unpaired) electrons. The first kappa shape index (κ1) is 10.5. The van der Waals surface area contributed by atoms with Crippen LogP contribution in [0.5, 0.6) is 0 Å². The highest BCUT2D eigenvalue weighted by Gasteiger charge is 2.23. The average molecular weight is 228 g/mol. The molecule has 3 rings (SSSR count). The number of benzene rings is 1. The summed E-state index contributed by atoms with van der Waals surface area (Å²) in [5, 5.41) is 4.34. The molecule has 1 saturated heterocycles. The second-order valence-corrected chi connectivity index (χ2v) is 4.64. The summed E-state index contributed by atoms with van der Waals surface area (Å²) in [6.07, 6.45) is 3.77. The van der Waals surface area contributed by atoms with Gasteiger partial charge in [-0.1, -0.05) is 18.2 Å². The van der Waals surface area contributed by atoms with Gasteiger partial charge in [0.15, 0.2) is 5.78 Å². The maximum Gasteiger partial charge on any atom is 0.168 e. The van der Waals surface area contributed by atoms with Gasteiger partial charge in [0, 0.05) is 28.6 Å². The molecule has 2 heterocycles. The lowest BCUT2D eigenvalue weighted by Crippen LogP contribution is -2.31. The van der Waals surface area contributed by atoms with Crippen molar-refractivity contribution >= 4 is 16.7 Å². The van der Waals surface area contributed by atoms with Gasteiger partial charge < -0.3 is 10.3 Å². The Labute approximate surface area is 100 Å². The minimum absolute atomic E-state index is 0.190. The predicted molar refractivity (Wildman–Crippen MR) is 68.2 cm³/mol. The van der Waals surface area contributed by atoms with Crippen molar-refractivity contribution in [2.75, 3.05) is 13.1 Å². The van der Waals surface area contributed by atoms with Crippen molar-refractivity contribution in [2.24, 2.45) is 5.92 Å². The van der Waals surface area contributed by atoms with E-state index in [2.05, 4.69) is 10.3 Å². The van der Waals surface area contributed by atoms with E-state index in [4.69, 9.17) is 0 Å². The molecule has 0 unspecified atom stereocenters. The molecule has 0 spiro atoms. The number of carbonyl (C=O) groups excluding carboxylic acids is 1. The molecule has 0 bridgehead atoms. The SMILES string of the molecule is O=C(c1c[nH]c2ccccc12)C1CCNCC1. The fourth-order valence-corrected chi connectivity index (χ4v) is 2.58. The van der Waals surface area contributed by atoms with Crippen LogP contribution in [0.1, 0.15) is 23.2 Å². The van der Waals surface area contributed by atoms with E-state index in [0.717, 1.165) is 42.4 Å². The Morgan fingerprint density at radius 1 is 1.18 bits per heavy atom. The van der Waals surface area contributed by atoms with Crippen LogP contribution in [-0.2, 0) is 0 Å². The molecular weight excluding hydrogens is 212 g/mol. The second kappa shape index (κ2) is 4.34. The van der Waals surface area contributed by atoms with Gasteiger partial charge in [-0.15, -0.1) is 0 Å². The Hall–Kier alpha value is -1.61. The zero-order valence-electron chi connectivity index (χ0n) is 9.70. The van der Waals surface area contributed by atoms with Gasteiger partial charge in [-0.2, -0.15) is 0 Å². The molecule has 0 saturated carbocycles. The average Bonchev–Trinajstić information content (AvgIpc) is 2.83. The summed E-state index contributed by atoms with van der Waals surface area (Å²) in [4.78, 5) is 15.6. The number of hydrogen-bond acceptors (Lipinski definition) is 2. The van der Waals surface area contributed by atoms with Gasteiger partial charge in [-0.05, 0) is 32.0 Å². The van der Waals surface area contributed by atoms with Crippen LogP contribution in [0.25, 0.3) is 10.9 Å². The molecule has 1 aliphatic heterocycles. The van der Waals surface area contributed by atoms with Crippen LogP contribution >= 0.6 is 0 Å². The molecule has 1 aliphatic rings. The standard InChI is InChI=1S/C14H16N2O/c17-14(10-5-7-15-8-6-10)12-9-16-13-4-2-1-3-11(12)13/h1-4,9-10,15-16H,5-8H2. The number of fused-ring (bicyclic) bond motifs is 1. The topological polar surface area (TPSA) is 44.9 Å². The van der Waals surface area contributed by atoms with Crippen LogP contribution in [0.3, 0.4) is 0 Å². The monoisotopic (exact) mass is 228 g/mol. The molecule has 0 atom stereocenters. The van der Waals surface area contributed by atoms with Crippen LogP contribution in [0.2, 0.25) is 0 Å². The molecule has 88 valence electrons. The van der Waals surface area contributed by atoms with Crippen LogP contribution < -0.4 is 5.32 Å². The van der Waals surface area contributed by atoms with Crippen LogP contribution in [0.15, 0.2) is 30.5 Å². The maximum atomic E-state index is 12.4. The van der Waals surface area contributed by atoms with E-state index in [1.165, 1.54) is 0 Å². The quantitative estimate of drug-likeness (QED) is 0.775. The van der Waals surface area contributed by atoms with Crippen LogP contribution in [0.4, 0.5) is 0 Å². The van der Waals surface area contributed by atoms with E-state index in [1.807, 2.05) is 30.5 Å². The van der Waals surface area contributed by atoms with Gasteiger partial charge in [-0.3, -0.25) is 4.79 Å². The van der Waals surface area contributed by atoms with Gasteiger partial charge in [0.25, 0.3) is 0 Å². The van der Waals surface area contributed by atoms with Crippen molar-refractivity contribution in [1.29, 1.82) is 0 Å². The maximum absolute atomic E-state index is 12.4. The van der Waals surface area contributed by atoms with Gasteiger partial charge in [0.1, 0.15) is 0 Å². The number of hydrogen-bond donors (Lipinski definition) is 2. The molecule has 1 aromatic carbocycles. The summed E-state index contributed by atoms with van der Waals surface area (Å²) < 4.78 is 0. The minimum atomic E-state index is 0.190. The van der Waals surface area contributed by atoms with E-state index in [1.54, 1.807) is 0 Å². The van der Waals surface area contributed by atoms with E-state index < -0.39 is 0 Å². The fraction of sp³-hybridized carbons (Fsp3) is 0.357. The van der Waals surface area contributed by atoms with Crippen molar-refractivity contribution in [3.05, 3.63) is 36.0 Å². The Morgan fingerprint density at radius 3 is 2.76 bits per heavy atom. The number of para-hydroxylation sites is 1. The number of Topliss-reactive ketones (excluding diaryl/α,β-unsaturated/α-hetero) is 1. The molecule has 2 aromatic rings. The first-order valence-electron chi connectivity index (χ1n) is 6.17. The van der Waals surface area contributed by atoms with Gasteiger partial charge in [0.05, 0.1) is 0 Å². The zero-order valence-corrected chi connectivity index (χ0v) is 9.70. The molecule has 2 N–H and O–H groups in total. The van der Waals surface area contributed by atoms with E-state index >= 15 is 0 Å². The number of rotatable bonds is 2. The van der Waals surface area contributed by atoms with Crippen molar-refractivity contribution in [2.45, 2.75) is 12.8 Å². The molecule has 17 heavy (non-hydrogen) atoms. The summed E-state index contributed by atoms with van der Waals surface area (Å²) in [7, 11) is 0. The second-order valence-electron chi connectivity index (χ2n) is 4.64. The van der Waals surface area contributed by atoms with Crippen LogP contribution in [-0.4, -0.2) is 23.9 Å². The highest BCUT2D eigenvalue weighted by Crippen LogP contribution is 2.24. The molecular formula is C14H16N2O. The number of ketones is 1. The van der Waals surface area contributed by atoms with E-state index in [0.29, 0.717) is 5.78 Å². The first-order valence-corrected chi connectivity index (χ1v) is 6.17. The summed E-state index contributed by atoms with van der Waals surface area (Å²) in [6.45, 7) is 1.91. The lowest BCUT2D eigenvalue weighted by molar-refractivity contribution is 0.0897. The van der Waals surface area contributed by atoms with Gasteiger partial charge >= 0.3 is 0 Å². The summed E-state index contributed by atoms with van der Waals surface area (Å²) in [5.74, 6) is 0.486. The number of H-pyrrole nitrogens is 1. The molecule has 0 aliphatic carbocycles. The minimum Gasteiger partial charge on any atom is -0.360 e. The van der Waals surface area contributed by atoms with E-state index in [-0.39, 0.29) is 5.92 Å². The highest BCUT2D eigenvalue weighted by atomic mass is 16.1. The Morgan fingerprint density at radius 2 is 1.94 bits per heavy atom. The predicted octanol–water partition coefficient (Wildman–Crippen LogP) is 2.35. The molecule has 1 fully saturated rings. The lowest BCUT2D eigenvalue weighted by atomic mass is 9.89. The van der Waals surface area contributed by atoms with Crippen molar-refractivity contribution in [3.8, 4) is 0 Å². The number of nitrogens with one attached hydrogen (secondary N) is 2. The third kappa shape index (κ3) is 1.87. The molecule has 3 nitrogen and oxygen atoms in total. The summed E-state index contributed by atoms with van der Waals surface area (Å²) in [6, 6.07) is 7.99. The van der Waals surface area contributed by atoms with Gasteiger partial charge in [-0.25, -0.2) is 0 Å². The van der Waals surface area contributed by atoms with Crippen LogP contribution in [0, 0.1) is 5.92 Å². The molecule has 1 aromatic heterocycles. The summed E-state index contributed by atoms with van der Waals surface area (Å²) >= 11 is 0. The third-order valence-electron chi connectivity index (χ3n) is 3.56. The fourth-order valence-electron chi connectivity index (χ4n) is 2.58. The van der Waals surface area contributed by atoms with Crippen molar-refractivity contribution in [3.63, 3.8) is 0 Å². The summed E-state index contributed by atoms with van der Waals surface area (Å²) in [5.41, 5.74) is 1.90. The number of aromatic amines is 1. The molecule has 3 heteroatoms. The van der Waals surface area contributed by atoms with Crippen molar-refractivity contribution in [1.82, 2.24) is 10.3 Å². The van der Waals surface area contributed by atoms with Gasteiger partial charge in [0.2, 0.25) is 0 Å². The first-order chi connectivity index (χ1) is 8.36. The normalized spacial score (nSPS) is 17.4. The van der Waals surface area contributed by atoms with Crippen molar-refractivity contribution < 1.29 is 4.79 Å². The Bertz CT molecular complexity index is 538.